The normalized spacial score (nSPS) is 21.4. The minimum Gasteiger partial charge on any atom is -0.396 e. The van der Waals surface area contributed by atoms with Crippen molar-refractivity contribution >= 4 is 0 Å². The zero-order valence-electron chi connectivity index (χ0n) is 11.0. The van der Waals surface area contributed by atoms with Crippen molar-refractivity contribution in [2.24, 2.45) is 5.41 Å². The van der Waals surface area contributed by atoms with Crippen molar-refractivity contribution in [2.45, 2.75) is 51.6 Å². The summed E-state index contributed by atoms with van der Waals surface area (Å²) in [6.07, 6.45) is 6.02. The van der Waals surface area contributed by atoms with Gasteiger partial charge < -0.3 is 15.1 Å². The fourth-order valence-corrected chi connectivity index (χ4v) is 2.96. The summed E-state index contributed by atoms with van der Waals surface area (Å²) >= 11 is 0. The highest BCUT2D eigenvalue weighted by Gasteiger charge is 2.33. The Hall–Kier alpha value is -0.120. The topological polar surface area (TPSA) is 43.7 Å². The van der Waals surface area contributed by atoms with Crippen molar-refractivity contribution in [3.05, 3.63) is 0 Å². The van der Waals surface area contributed by atoms with Crippen LogP contribution in [0, 0.1) is 5.41 Å². The molecule has 0 aromatic rings. The molecule has 0 radical (unpaired) electrons. The van der Waals surface area contributed by atoms with Crippen molar-refractivity contribution in [3.63, 3.8) is 0 Å². The van der Waals surface area contributed by atoms with E-state index in [2.05, 4.69) is 4.90 Å². The minimum absolute atomic E-state index is 0.0816. The number of aliphatic hydroxyl groups excluding tert-OH is 1. The summed E-state index contributed by atoms with van der Waals surface area (Å²) in [5.41, 5.74) is -0.571. The summed E-state index contributed by atoms with van der Waals surface area (Å²) in [6, 6.07) is 0. The summed E-state index contributed by atoms with van der Waals surface area (Å²) in [6.45, 7) is 5.50. The Labute approximate surface area is 99.5 Å². The molecule has 0 heterocycles. The molecule has 0 aromatic carbocycles. The van der Waals surface area contributed by atoms with E-state index in [0.717, 1.165) is 19.4 Å². The average molecular weight is 229 g/mol. The van der Waals surface area contributed by atoms with Gasteiger partial charge in [0.25, 0.3) is 0 Å². The molecule has 0 atom stereocenters. The first-order valence-corrected chi connectivity index (χ1v) is 6.39. The second-order valence-electron chi connectivity index (χ2n) is 6.20. The van der Waals surface area contributed by atoms with Crippen LogP contribution in [-0.2, 0) is 0 Å². The van der Waals surface area contributed by atoms with E-state index in [1.807, 2.05) is 20.9 Å². The van der Waals surface area contributed by atoms with Gasteiger partial charge in [0, 0.05) is 25.1 Å². The molecule has 0 amide bonds. The Bertz CT molecular complexity index is 204. The zero-order chi connectivity index (χ0) is 12.2. The maximum Gasteiger partial charge on any atom is 0.0718 e. The molecule has 0 aliphatic heterocycles. The van der Waals surface area contributed by atoms with Crippen LogP contribution >= 0.6 is 0 Å². The molecule has 1 fully saturated rings. The lowest BCUT2D eigenvalue weighted by atomic mass is 9.74. The molecule has 0 aromatic heterocycles. The highest BCUT2D eigenvalue weighted by Crippen LogP contribution is 2.36. The van der Waals surface area contributed by atoms with Crippen LogP contribution in [0.3, 0.4) is 0 Å². The van der Waals surface area contributed by atoms with Crippen LogP contribution < -0.4 is 0 Å². The van der Waals surface area contributed by atoms with E-state index in [4.69, 9.17) is 0 Å². The lowest BCUT2D eigenvalue weighted by molar-refractivity contribution is 0.00464. The molecular weight excluding hydrogens is 202 g/mol. The molecule has 3 nitrogen and oxygen atoms in total. The van der Waals surface area contributed by atoms with Crippen molar-refractivity contribution in [2.75, 3.05) is 26.7 Å². The van der Waals surface area contributed by atoms with Gasteiger partial charge in [-0.3, -0.25) is 0 Å². The first kappa shape index (κ1) is 13.9. The second kappa shape index (κ2) is 5.48. The first-order chi connectivity index (χ1) is 7.37. The smallest absolute Gasteiger partial charge is 0.0718 e. The van der Waals surface area contributed by atoms with Crippen molar-refractivity contribution in [1.29, 1.82) is 0 Å². The predicted octanol–water partition coefficient (Wildman–Crippen LogP) is 1.63. The van der Waals surface area contributed by atoms with Crippen LogP contribution in [0.25, 0.3) is 0 Å². The number of likely N-dealkylation sites (N-methyl/N-ethyl adjacent to an activating group) is 1. The van der Waals surface area contributed by atoms with Gasteiger partial charge in [-0.05, 0) is 33.7 Å². The van der Waals surface area contributed by atoms with Crippen molar-refractivity contribution in [1.82, 2.24) is 4.90 Å². The molecule has 1 aliphatic carbocycles. The molecule has 1 saturated carbocycles. The van der Waals surface area contributed by atoms with Crippen LogP contribution in [-0.4, -0.2) is 47.5 Å². The molecule has 0 unspecified atom stereocenters. The van der Waals surface area contributed by atoms with E-state index in [9.17, 15) is 10.2 Å². The van der Waals surface area contributed by atoms with Gasteiger partial charge in [-0.25, -0.2) is 0 Å². The Morgan fingerprint density at radius 2 is 1.75 bits per heavy atom. The van der Waals surface area contributed by atoms with Gasteiger partial charge in [-0.15, -0.1) is 0 Å². The van der Waals surface area contributed by atoms with Crippen LogP contribution in [0.2, 0.25) is 0 Å². The summed E-state index contributed by atoms with van der Waals surface area (Å²) in [5, 5.41) is 19.4. The third-order valence-electron chi connectivity index (χ3n) is 3.51. The van der Waals surface area contributed by atoms with Crippen molar-refractivity contribution in [3.8, 4) is 0 Å². The standard InChI is InChI=1S/C13H27NO2/c1-12(2,16)9-14(3)10-13(11-15)7-5-4-6-8-13/h15-16H,4-11H2,1-3H3. The number of hydrogen-bond acceptors (Lipinski definition) is 3. The van der Waals surface area contributed by atoms with E-state index in [-0.39, 0.29) is 12.0 Å². The molecular formula is C13H27NO2. The van der Waals surface area contributed by atoms with Gasteiger partial charge in [-0.2, -0.15) is 0 Å². The highest BCUT2D eigenvalue weighted by atomic mass is 16.3. The van der Waals surface area contributed by atoms with E-state index in [0.29, 0.717) is 6.54 Å². The maximum atomic E-state index is 9.77. The quantitative estimate of drug-likeness (QED) is 0.753. The lowest BCUT2D eigenvalue weighted by Gasteiger charge is -2.40. The third-order valence-corrected chi connectivity index (χ3v) is 3.51. The van der Waals surface area contributed by atoms with Crippen molar-refractivity contribution < 1.29 is 10.2 Å². The molecule has 1 rings (SSSR count). The predicted molar refractivity (Wildman–Crippen MR) is 66.4 cm³/mol. The lowest BCUT2D eigenvalue weighted by Crippen LogP contribution is -2.44. The monoisotopic (exact) mass is 229 g/mol. The van der Waals surface area contributed by atoms with Gasteiger partial charge in [0.05, 0.1) is 5.60 Å². The minimum atomic E-state index is -0.653. The number of rotatable bonds is 5. The summed E-state index contributed by atoms with van der Waals surface area (Å²) in [5.74, 6) is 0. The molecule has 96 valence electrons. The highest BCUT2D eigenvalue weighted by molar-refractivity contribution is 4.86. The SMILES string of the molecule is CN(CC(C)(C)O)CC1(CO)CCCCC1. The largest absolute Gasteiger partial charge is 0.396 e. The fourth-order valence-electron chi connectivity index (χ4n) is 2.96. The number of nitrogens with zero attached hydrogens (tertiary/aromatic N) is 1. The summed E-state index contributed by atoms with van der Waals surface area (Å²) in [4.78, 5) is 2.15. The molecule has 0 saturated heterocycles. The molecule has 0 spiro atoms. The van der Waals surface area contributed by atoms with Crippen LogP contribution in [0.4, 0.5) is 0 Å². The first-order valence-electron chi connectivity index (χ1n) is 6.39. The third kappa shape index (κ3) is 4.40. The van der Waals surface area contributed by atoms with Gasteiger partial charge in [0.1, 0.15) is 0 Å². The van der Waals surface area contributed by atoms with E-state index >= 15 is 0 Å². The Morgan fingerprint density at radius 1 is 1.19 bits per heavy atom. The second-order valence-corrected chi connectivity index (χ2v) is 6.20. The van der Waals surface area contributed by atoms with E-state index < -0.39 is 5.60 Å². The number of hydrogen-bond donors (Lipinski definition) is 2. The van der Waals surface area contributed by atoms with Crippen LogP contribution in [0.1, 0.15) is 46.0 Å². The van der Waals surface area contributed by atoms with E-state index in [1.165, 1.54) is 19.3 Å². The Balaban J connectivity index is 2.48. The Morgan fingerprint density at radius 3 is 2.19 bits per heavy atom. The maximum absolute atomic E-state index is 9.77. The fraction of sp³-hybridized carbons (Fsp3) is 1.00. The van der Waals surface area contributed by atoms with Gasteiger partial charge in [-0.1, -0.05) is 19.3 Å². The molecule has 16 heavy (non-hydrogen) atoms. The Kier molecular flexibility index (Phi) is 4.77. The van der Waals surface area contributed by atoms with Gasteiger partial charge in [0.15, 0.2) is 0 Å². The van der Waals surface area contributed by atoms with Gasteiger partial charge >= 0.3 is 0 Å². The summed E-state index contributed by atoms with van der Waals surface area (Å²) in [7, 11) is 2.03. The molecule has 2 N–H and O–H groups in total. The molecule has 1 aliphatic rings. The number of aliphatic hydroxyl groups is 2. The van der Waals surface area contributed by atoms with Gasteiger partial charge in [0.2, 0.25) is 0 Å². The average Bonchev–Trinajstić information content (AvgIpc) is 2.16. The molecule has 3 heteroatoms. The molecule has 0 bridgehead atoms. The van der Waals surface area contributed by atoms with Crippen LogP contribution in [0.15, 0.2) is 0 Å². The summed E-state index contributed by atoms with van der Waals surface area (Å²) < 4.78 is 0. The van der Waals surface area contributed by atoms with E-state index in [1.54, 1.807) is 0 Å². The van der Waals surface area contributed by atoms with Crippen LogP contribution in [0.5, 0.6) is 0 Å². The zero-order valence-corrected chi connectivity index (χ0v) is 11.0.